The molecule has 0 radical (unpaired) electrons. The van der Waals surface area contributed by atoms with Crippen LogP contribution in [-0.2, 0) is 17.9 Å². The predicted octanol–water partition coefficient (Wildman–Crippen LogP) is 2.75. The number of hydrogen-bond donors (Lipinski definition) is 0. The van der Waals surface area contributed by atoms with E-state index in [9.17, 15) is 0 Å². The van der Waals surface area contributed by atoms with Gasteiger partial charge in [0.05, 0.1) is 0 Å². The molecule has 1 heterocycles. The lowest BCUT2D eigenvalue weighted by Gasteiger charge is -1.97. The van der Waals surface area contributed by atoms with Crippen molar-refractivity contribution in [3.63, 3.8) is 0 Å². The maximum Gasteiger partial charge on any atom is 0.264 e. The van der Waals surface area contributed by atoms with Crippen molar-refractivity contribution in [1.29, 1.82) is 0 Å². The lowest BCUT2D eigenvalue weighted by molar-refractivity contribution is -0.676. The molecule has 2 nitrogen and oxygen atoms in total. The van der Waals surface area contributed by atoms with Crippen LogP contribution in [0.15, 0.2) is 24.3 Å². The van der Waals surface area contributed by atoms with Crippen molar-refractivity contribution in [2.24, 2.45) is 0 Å². The molecule has 0 amide bonds. The molecule has 0 aliphatic rings. The van der Waals surface area contributed by atoms with Gasteiger partial charge in [-0.1, -0.05) is 36.3 Å². The first kappa shape index (κ1) is 12.1. The largest absolute Gasteiger partial charge is 0.357 e. The van der Waals surface area contributed by atoms with E-state index in [-0.39, 0.29) is 0 Å². The van der Waals surface area contributed by atoms with Crippen molar-refractivity contribution in [2.75, 3.05) is 6.61 Å². The van der Waals surface area contributed by atoms with Gasteiger partial charge in [-0.2, -0.15) is 4.57 Å². The Hall–Kier alpha value is -1.37. The highest BCUT2D eigenvalue weighted by atomic mass is 32.1. The molecule has 17 heavy (non-hydrogen) atoms. The molecule has 2 rings (SSSR count). The van der Waals surface area contributed by atoms with Gasteiger partial charge in [0.25, 0.3) is 5.01 Å². The van der Waals surface area contributed by atoms with E-state index < -0.39 is 0 Å². The number of terminal acetylenes is 1. The number of fused-ring (bicyclic) bond motifs is 1. The van der Waals surface area contributed by atoms with Gasteiger partial charge in [0.15, 0.2) is 0 Å². The Morgan fingerprint density at radius 1 is 1.41 bits per heavy atom. The summed E-state index contributed by atoms with van der Waals surface area (Å²) in [5, 5.41) is 1.24. The zero-order valence-electron chi connectivity index (χ0n) is 9.98. The summed E-state index contributed by atoms with van der Waals surface area (Å²) < 4.78 is 9.07. The molecule has 3 heteroatoms. The second-order valence-corrected chi connectivity index (χ2v) is 4.93. The van der Waals surface area contributed by atoms with E-state index in [4.69, 9.17) is 11.2 Å². The summed E-state index contributed by atoms with van der Waals surface area (Å²) in [7, 11) is 0. The number of ether oxygens (including phenoxy) is 1. The van der Waals surface area contributed by atoms with Crippen LogP contribution >= 0.6 is 11.3 Å². The third kappa shape index (κ3) is 2.66. The molecule has 0 saturated carbocycles. The number of para-hydroxylation sites is 1. The van der Waals surface area contributed by atoms with E-state index in [1.807, 2.05) is 0 Å². The Labute approximate surface area is 106 Å². The maximum absolute atomic E-state index is 5.44. The summed E-state index contributed by atoms with van der Waals surface area (Å²) >= 11 is 1.78. The predicted molar refractivity (Wildman–Crippen MR) is 70.8 cm³/mol. The van der Waals surface area contributed by atoms with Gasteiger partial charge < -0.3 is 4.74 Å². The monoisotopic (exact) mass is 246 g/mol. The topological polar surface area (TPSA) is 13.1 Å². The molecule has 1 aromatic carbocycles. The Bertz CT molecular complexity index is 539. The van der Waals surface area contributed by atoms with E-state index in [0.29, 0.717) is 13.2 Å². The van der Waals surface area contributed by atoms with Gasteiger partial charge in [-0.15, -0.1) is 6.42 Å². The highest BCUT2D eigenvalue weighted by Crippen LogP contribution is 2.20. The molecule has 0 atom stereocenters. The second kappa shape index (κ2) is 5.81. The standard InChI is InChI=1S/C14H16NOS/c1-3-9-15-12-7-5-6-8-13(12)17-14(15)11-16-10-4-2/h2,5-8H,3,9-11H2,1H3/q+1. The molecule has 0 bridgehead atoms. The van der Waals surface area contributed by atoms with Crippen LogP contribution in [0.3, 0.4) is 0 Å². The Kier molecular flexibility index (Phi) is 4.13. The van der Waals surface area contributed by atoms with Gasteiger partial charge in [0.2, 0.25) is 5.52 Å². The fraction of sp³-hybridized carbons (Fsp3) is 0.357. The van der Waals surface area contributed by atoms with Crippen LogP contribution in [0.5, 0.6) is 0 Å². The average molecular weight is 246 g/mol. The first-order valence-corrected chi connectivity index (χ1v) is 6.60. The van der Waals surface area contributed by atoms with Crippen LogP contribution in [0.1, 0.15) is 18.4 Å². The Morgan fingerprint density at radius 3 is 3.00 bits per heavy atom. The number of thiazole rings is 1. The van der Waals surface area contributed by atoms with Crippen molar-refractivity contribution in [3.05, 3.63) is 29.3 Å². The minimum Gasteiger partial charge on any atom is -0.357 e. The smallest absolute Gasteiger partial charge is 0.264 e. The molecule has 0 N–H and O–H groups in total. The third-order valence-electron chi connectivity index (χ3n) is 2.54. The van der Waals surface area contributed by atoms with E-state index in [1.54, 1.807) is 11.3 Å². The summed E-state index contributed by atoms with van der Waals surface area (Å²) in [5.41, 5.74) is 1.29. The van der Waals surface area contributed by atoms with Crippen LogP contribution in [-0.4, -0.2) is 6.61 Å². The molecule has 0 aliphatic heterocycles. The van der Waals surface area contributed by atoms with Crippen molar-refractivity contribution >= 4 is 21.6 Å². The average Bonchev–Trinajstić information content (AvgIpc) is 2.69. The summed E-state index contributed by atoms with van der Waals surface area (Å²) in [6.07, 6.45) is 6.30. The fourth-order valence-electron chi connectivity index (χ4n) is 1.86. The Morgan fingerprint density at radius 2 is 2.24 bits per heavy atom. The van der Waals surface area contributed by atoms with Crippen LogP contribution in [0, 0.1) is 12.3 Å². The fourth-order valence-corrected chi connectivity index (χ4v) is 2.98. The summed E-state index contributed by atoms with van der Waals surface area (Å²) in [6, 6.07) is 8.46. The van der Waals surface area contributed by atoms with Crippen molar-refractivity contribution in [3.8, 4) is 12.3 Å². The SMILES string of the molecule is C#CCOCc1sc2ccccc2[n+]1CCC. The van der Waals surface area contributed by atoms with Crippen LogP contribution in [0.2, 0.25) is 0 Å². The van der Waals surface area contributed by atoms with Crippen LogP contribution < -0.4 is 4.57 Å². The van der Waals surface area contributed by atoms with Crippen molar-refractivity contribution in [2.45, 2.75) is 26.5 Å². The first-order chi connectivity index (χ1) is 8.36. The van der Waals surface area contributed by atoms with Crippen molar-refractivity contribution < 1.29 is 9.30 Å². The quantitative estimate of drug-likeness (QED) is 0.449. The zero-order chi connectivity index (χ0) is 12.1. The summed E-state index contributed by atoms with van der Waals surface area (Å²) in [6.45, 7) is 4.19. The minimum absolute atomic E-state index is 0.375. The van der Waals surface area contributed by atoms with E-state index in [1.165, 1.54) is 15.2 Å². The minimum atomic E-state index is 0.375. The molecular formula is C14H16NOS+. The number of rotatable bonds is 5. The van der Waals surface area contributed by atoms with Crippen LogP contribution in [0.4, 0.5) is 0 Å². The maximum atomic E-state index is 5.44. The summed E-state index contributed by atoms with van der Waals surface area (Å²) in [4.78, 5) is 0. The molecule has 0 unspecified atom stereocenters. The number of nitrogens with zero attached hydrogens (tertiary/aromatic N) is 1. The molecule has 0 spiro atoms. The van der Waals surface area contributed by atoms with Gasteiger partial charge in [-0.3, -0.25) is 0 Å². The van der Waals surface area contributed by atoms with Gasteiger partial charge in [-0.05, 0) is 6.07 Å². The summed E-state index contributed by atoms with van der Waals surface area (Å²) in [5.74, 6) is 2.50. The van der Waals surface area contributed by atoms with Gasteiger partial charge in [-0.25, -0.2) is 0 Å². The number of aryl methyl sites for hydroxylation is 1. The lowest BCUT2D eigenvalue weighted by Crippen LogP contribution is -2.36. The molecule has 0 aliphatic carbocycles. The van der Waals surface area contributed by atoms with Crippen LogP contribution in [0.25, 0.3) is 10.2 Å². The first-order valence-electron chi connectivity index (χ1n) is 5.78. The molecule has 0 fully saturated rings. The van der Waals surface area contributed by atoms with Gasteiger partial charge in [0, 0.05) is 12.5 Å². The highest BCUT2D eigenvalue weighted by molar-refractivity contribution is 7.18. The molecule has 88 valence electrons. The zero-order valence-corrected chi connectivity index (χ0v) is 10.8. The lowest BCUT2D eigenvalue weighted by atomic mass is 10.3. The van der Waals surface area contributed by atoms with Gasteiger partial charge in [0.1, 0.15) is 24.5 Å². The second-order valence-electron chi connectivity index (χ2n) is 3.81. The van der Waals surface area contributed by atoms with E-state index in [2.05, 4.69) is 41.7 Å². The van der Waals surface area contributed by atoms with E-state index >= 15 is 0 Å². The molecule has 1 aromatic heterocycles. The van der Waals surface area contributed by atoms with Crippen molar-refractivity contribution in [1.82, 2.24) is 0 Å². The Balaban J connectivity index is 2.32. The number of benzene rings is 1. The number of hydrogen-bond acceptors (Lipinski definition) is 2. The number of aromatic nitrogens is 1. The highest BCUT2D eigenvalue weighted by Gasteiger charge is 2.18. The molecule has 2 aromatic rings. The molecular weight excluding hydrogens is 230 g/mol. The van der Waals surface area contributed by atoms with E-state index in [0.717, 1.165) is 13.0 Å². The molecule has 0 saturated heterocycles. The van der Waals surface area contributed by atoms with Gasteiger partial charge >= 0.3 is 0 Å². The third-order valence-corrected chi connectivity index (χ3v) is 3.68. The normalized spacial score (nSPS) is 10.6.